The number of ether oxygens (including phenoxy) is 2. The number of rotatable bonds is 4. The monoisotopic (exact) mass is 355 g/mol. The zero-order valence-corrected chi connectivity index (χ0v) is 14.6. The summed E-state index contributed by atoms with van der Waals surface area (Å²) in [6, 6.07) is 3.04. The Kier molecular flexibility index (Phi) is 6.14. The summed E-state index contributed by atoms with van der Waals surface area (Å²) >= 11 is 5.99. The van der Waals surface area contributed by atoms with Crippen molar-refractivity contribution in [1.29, 1.82) is 0 Å². The lowest BCUT2D eigenvalue weighted by Crippen LogP contribution is -2.41. The van der Waals surface area contributed by atoms with Gasteiger partial charge >= 0.3 is 6.09 Å². The van der Waals surface area contributed by atoms with Gasteiger partial charge in [-0.25, -0.2) is 4.79 Å². The maximum absolute atomic E-state index is 12.4. The maximum Gasteiger partial charge on any atom is 0.409 e. The molecule has 3 N–H and O–H groups in total. The number of hydrogen-bond donors (Lipinski definition) is 2. The van der Waals surface area contributed by atoms with Crippen LogP contribution in [0.2, 0.25) is 5.02 Å². The summed E-state index contributed by atoms with van der Waals surface area (Å²) < 4.78 is 9.90. The van der Waals surface area contributed by atoms with Gasteiger partial charge in [-0.2, -0.15) is 0 Å². The number of piperidine rings is 1. The van der Waals surface area contributed by atoms with Crippen LogP contribution in [0.5, 0.6) is 5.75 Å². The van der Waals surface area contributed by atoms with Gasteiger partial charge in [-0.1, -0.05) is 11.6 Å². The molecule has 24 heavy (non-hydrogen) atoms. The summed E-state index contributed by atoms with van der Waals surface area (Å²) in [6.07, 6.45) is 1.32. The van der Waals surface area contributed by atoms with Crippen LogP contribution in [-0.4, -0.2) is 50.8 Å². The van der Waals surface area contributed by atoms with Crippen LogP contribution < -0.4 is 15.8 Å². The Morgan fingerprint density at radius 2 is 2.00 bits per heavy atom. The number of halogens is 1. The van der Waals surface area contributed by atoms with Crippen molar-refractivity contribution in [2.45, 2.75) is 12.8 Å². The van der Waals surface area contributed by atoms with E-state index in [-0.39, 0.29) is 12.0 Å². The van der Waals surface area contributed by atoms with Gasteiger partial charge in [0.25, 0.3) is 5.91 Å². The van der Waals surface area contributed by atoms with Crippen molar-refractivity contribution < 1.29 is 19.1 Å². The van der Waals surface area contributed by atoms with Crippen molar-refractivity contribution in [3.8, 4) is 5.75 Å². The molecule has 1 aromatic carbocycles. The molecule has 1 aliphatic heterocycles. The van der Waals surface area contributed by atoms with Gasteiger partial charge in [0, 0.05) is 25.7 Å². The maximum atomic E-state index is 12.4. The fourth-order valence-corrected chi connectivity index (χ4v) is 2.86. The molecule has 8 heteroatoms. The number of nitrogens with one attached hydrogen (secondary N) is 1. The van der Waals surface area contributed by atoms with Crippen molar-refractivity contribution in [2.24, 2.45) is 5.92 Å². The number of carbonyl (C=O) groups is 2. The molecule has 7 nitrogen and oxygen atoms in total. The van der Waals surface area contributed by atoms with E-state index < -0.39 is 0 Å². The molecule has 0 atom stereocenters. The highest BCUT2D eigenvalue weighted by molar-refractivity contribution is 6.33. The molecule has 1 aromatic rings. The molecule has 0 unspecified atom stereocenters. The Labute approximate surface area is 146 Å². The van der Waals surface area contributed by atoms with Crippen molar-refractivity contribution in [3.63, 3.8) is 0 Å². The number of nitrogens with two attached hydrogens (primary N) is 1. The van der Waals surface area contributed by atoms with Gasteiger partial charge < -0.3 is 25.4 Å². The lowest BCUT2D eigenvalue weighted by Gasteiger charge is -2.31. The van der Waals surface area contributed by atoms with Crippen LogP contribution >= 0.6 is 11.6 Å². The fourth-order valence-electron chi connectivity index (χ4n) is 2.70. The third-order valence-electron chi connectivity index (χ3n) is 4.16. The average molecular weight is 356 g/mol. The van der Waals surface area contributed by atoms with Gasteiger partial charge in [-0.3, -0.25) is 4.79 Å². The van der Waals surface area contributed by atoms with Gasteiger partial charge in [0.1, 0.15) is 5.75 Å². The number of anilines is 1. The van der Waals surface area contributed by atoms with E-state index in [0.29, 0.717) is 47.6 Å². The zero-order valence-electron chi connectivity index (χ0n) is 13.8. The molecule has 0 aliphatic carbocycles. The second-order valence-corrected chi connectivity index (χ2v) is 6.09. The Balaban J connectivity index is 1.90. The molecule has 1 saturated heterocycles. The summed E-state index contributed by atoms with van der Waals surface area (Å²) in [4.78, 5) is 25.5. The van der Waals surface area contributed by atoms with E-state index in [4.69, 9.17) is 26.8 Å². The number of benzene rings is 1. The molecular weight excluding hydrogens is 334 g/mol. The molecule has 0 saturated carbocycles. The summed E-state index contributed by atoms with van der Waals surface area (Å²) in [6.45, 7) is 1.79. The highest BCUT2D eigenvalue weighted by Gasteiger charge is 2.24. The molecule has 1 heterocycles. The van der Waals surface area contributed by atoms with Crippen LogP contribution in [0.1, 0.15) is 23.2 Å². The van der Waals surface area contributed by atoms with Gasteiger partial charge in [-0.15, -0.1) is 0 Å². The van der Waals surface area contributed by atoms with Gasteiger partial charge in [0.15, 0.2) is 0 Å². The Bertz CT molecular complexity index is 616. The first-order valence-corrected chi connectivity index (χ1v) is 8.08. The summed E-state index contributed by atoms with van der Waals surface area (Å²) in [5.41, 5.74) is 6.43. The molecule has 0 aromatic heterocycles. The number of nitrogens with zero attached hydrogens (tertiary/aromatic N) is 1. The minimum atomic E-state index is -0.307. The Hall–Kier alpha value is -2.15. The first kappa shape index (κ1) is 18.2. The van der Waals surface area contributed by atoms with Crippen LogP contribution in [0.25, 0.3) is 0 Å². The molecule has 132 valence electrons. The average Bonchev–Trinajstić information content (AvgIpc) is 2.61. The van der Waals surface area contributed by atoms with Crippen LogP contribution in [0.4, 0.5) is 10.5 Å². The molecular formula is C16H22ClN3O4. The van der Waals surface area contributed by atoms with Gasteiger partial charge in [-0.05, 0) is 24.8 Å². The van der Waals surface area contributed by atoms with E-state index in [1.54, 1.807) is 4.90 Å². The van der Waals surface area contributed by atoms with Crippen LogP contribution in [-0.2, 0) is 4.74 Å². The molecule has 1 aliphatic rings. The zero-order chi connectivity index (χ0) is 17.7. The predicted molar refractivity (Wildman–Crippen MR) is 91.5 cm³/mol. The van der Waals surface area contributed by atoms with Crippen molar-refractivity contribution >= 4 is 29.3 Å². The van der Waals surface area contributed by atoms with E-state index in [1.165, 1.54) is 26.4 Å². The predicted octanol–water partition coefficient (Wildman–Crippen LogP) is 2.14. The standard InChI is InChI=1S/C16H22ClN3O4/c1-23-14-8-13(18)12(17)7-11(14)15(21)19-9-10-3-5-20(6-4-10)16(22)24-2/h7-8,10H,3-6,9,18H2,1-2H3,(H,19,21). The van der Waals surface area contributed by atoms with Crippen molar-refractivity contribution in [2.75, 3.05) is 39.6 Å². The summed E-state index contributed by atoms with van der Waals surface area (Å²) in [5, 5.41) is 3.21. The molecule has 0 spiro atoms. The Morgan fingerprint density at radius 1 is 1.33 bits per heavy atom. The number of carbonyl (C=O) groups excluding carboxylic acids is 2. The van der Waals surface area contributed by atoms with Gasteiger partial charge in [0.05, 0.1) is 30.5 Å². The highest BCUT2D eigenvalue weighted by Crippen LogP contribution is 2.28. The minimum absolute atomic E-state index is 0.260. The van der Waals surface area contributed by atoms with E-state index in [0.717, 1.165) is 12.8 Å². The topological polar surface area (TPSA) is 93.9 Å². The van der Waals surface area contributed by atoms with Gasteiger partial charge in [0.2, 0.25) is 0 Å². The second-order valence-electron chi connectivity index (χ2n) is 5.68. The van der Waals surface area contributed by atoms with Crippen LogP contribution in [0.3, 0.4) is 0 Å². The fraction of sp³-hybridized carbons (Fsp3) is 0.500. The molecule has 2 amide bonds. The third kappa shape index (κ3) is 4.23. The largest absolute Gasteiger partial charge is 0.496 e. The normalized spacial score (nSPS) is 15.0. The lowest BCUT2D eigenvalue weighted by molar-refractivity contribution is 0.0911. The van der Waals surface area contributed by atoms with Crippen LogP contribution in [0, 0.1) is 5.92 Å². The minimum Gasteiger partial charge on any atom is -0.496 e. The Morgan fingerprint density at radius 3 is 2.58 bits per heavy atom. The summed E-state index contributed by atoms with van der Waals surface area (Å²) in [7, 11) is 2.85. The number of methoxy groups -OCH3 is 2. The van der Waals surface area contributed by atoms with E-state index >= 15 is 0 Å². The SMILES string of the molecule is COC(=O)N1CCC(CNC(=O)c2cc(Cl)c(N)cc2OC)CC1. The number of likely N-dealkylation sites (tertiary alicyclic amines) is 1. The quantitative estimate of drug-likeness (QED) is 0.807. The van der Waals surface area contributed by atoms with E-state index in [2.05, 4.69) is 5.32 Å². The second kappa shape index (κ2) is 8.10. The van der Waals surface area contributed by atoms with E-state index in [9.17, 15) is 9.59 Å². The van der Waals surface area contributed by atoms with Crippen molar-refractivity contribution in [3.05, 3.63) is 22.7 Å². The molecule has 1 fully saturated rings. The van der Waals surface area contributed by atoms with E-state index in [1.807, 2.05) is 0 Å². The molecule has 2 rings (SSSR count). The summed E-state index contributed by atoms with van der Waals surface area (Å²) in [5.74, 6) is 0.434. The molecule has 0 radical (unpaired) electrons. The number of nitrogen functional groups attached to an aromatic ring is 1. The first-order chi connectivity index (χ1) is 11.5. The van der Waals surface area contributed by atoms with Crippen LogP contribution in [0.15, 0.2) is 12.1 Å². The number of hydrogen-bond acceptors (Lipinski definition) is 5. The smallest absolute Gasteiger partial charge is 0.409 e. The van der Waals surface area contributed by atoms with Crippen molar-refractivity contribution in [1.82, 2.24) is 10.2 Å². The first-order valence-electron chi connectivity index (χ1n) is 7.70. The highest BCUT2D eigenvalue weighted by atomic mass is 35.5. The number of amides is 2. The third-order valence-corrected chi connectivity index (χ3v) is 4.49. The lowest BCUT2D eigenvalue weighted by atomic mass is 9.97. The molecule has 0 bridgehead atoms.